The van der Waals surface area contributed by atoms with Crippen LogP contribution in [-0.4, -0.2) is 11.0 Å². The third-order valence-corrected chi connectivity index (χ3v) is 3.90. The molecular formula is C15H14BrClN2O. The zero-order chi connectivity index (χ0) is 13.9. The number of ether oxygens (including phenoxy) is 1. The number of hydrogen-bond acceptors (Lipinski definition) is 3. The van der Waals surface area contributed by atoms with E-state index in [1.807, 2.05) is 6.07 Å². The normalized spacial score (nSPS) is 14.3. The van der Waals surface area contributed by atoms with Crippen molar-refractivity contribution in [1.82, 2.24) is 10.3 Å². The topological polar surface area (TPSA) is 34.1 Å². The molecule has 3 nitrogen and oxygen atoms in total. The van der Waals surface area contributed by atoms with Crippen LogP contribution in [0.4, 0.5) is 0 Å². The van der Waals surface area contributed by atoms with Crippen LogP contribution >= 0.6 is 27.5 Å². The molecule has 1 saturated carbocycles. The summed E-state index contributed by atoms with van der Waals surface area (Å²) in [5, 5.41) is 4.05. The summed E-state index contributed by atoms with van der Waals surface area (Å²) < 4.78 is 6.69. The first-order valence-corrected chi connectivity index (χ1v) is 7.68. The van der Waals surface area contributed by atoms with Crippen LogP contribution in [0.5, 0.6) is 11.5 Å². The minimum absolute atomic E-state index is 0.559. The third kappa shape index (κ3) is 3.72. The van der Waals surface area contributed by atoms with Gasteiger partial charge in [0, 0.05) is 24.8 Å². The predicted molar refractivity (Wildman–Crippen MR) is 83.3 cm³/mol. The van der Waals surface area contributed by atoms with Crippen LogP contribution in [0.3, 0.4) is 0 Å². The van der Waals surface area contributed by atoms with Gasteiger partial charge in [-0.3, -0.25) is 4.98 Å². The number of hydrogen-bond donors (Lipinski definition) is 1. The highest BCUT2D eigenvalue weighted by Gasteiger charge is 2.20. The molecule has 0 unspecified atom stereocenters. The van der Waals surface area contributed by atoms with E-state index in [0.29, 0.717) is 16.8 Å². The van der Waals surface area contributed by atoms with E-state index in [1.54, 1.807) is 18.5 Å². The van der Waals surface area contributed by atoms with Crippen molar-refractivity contribution >= 4 is 27.5 Å². The Bertz CT molecular complexity index is 617. The van der Waals surface area contributed by atoms with Crippen LogP contribution in [0, 0.1) is 0 Å². The zero-order valence-corrected chi connectivity index (χ0v) is 13.1. The number of halogens is 2. The van der Waals surface area contributed by atoms with Gasteiger partial charge in [-0.05, 0) is 46.5 Å². The molecule has 1 aromatic heterocycles. The lowest BCUT2D eigenvalue weighted by Gasteiger charge is -2.10. The SMILES string of the molecule is Clc1cncc(Oc2ccc(CNC3CC3)cc2Br)c1. The second-order valence-corrected chi connectivity index (χ2v) is 6.15. The quantitative estimate of drug-likeness (QED) is 0.857. The van der Waals surface area contributed by atoms with Gasteiger partial charge < -0.3 is 10.1 Å². The van der Waals surface area contributed by atoms with E-state index in [-0.39, 0.29) is 0 Å². The average molecular weight is 354 g/mol. The van der Waals surface area contributed by atoms with Crippen LogP contribution < -0.4 is 10.1 Å². The van der Waals surface area contributed by atoms with Crippen molar-refractivity contribution in [2.75, 3.05) is 0 Å². The number of rotatable bonds is 5. The summed E-state index contributed by atoms with van der Waals surface area (Å²) in [7, 11) is 0. The van der Waals surface area contributed by atoms with Crippen molar-refractivity contribution in [1.29, 1.82) is 0 Å². The molecule has 1 fully saturated rings. The molecule has 1 aliphatic rings. The Labute approximate surface area is 131 Å². The molecule has 1 aliphatic carbocycles. The number of nitrogens with zero attached hydrogens (tertiary/aromatic N) is 1. The maximum atomic E-state index is 5.89. The van der Waals surface area contributed by atoms with Crippen molar-refractivity contribution < 1.29 is 4.74 Å². The molecule has 3 rings (SSSR count). The van der Waals surface area contributed by atoms with Gasteiger partial charge in [-0.25, -0.2) is 0 Å². The highest BCUT2D eigenvalue weighted by atomic mass is 79.9. The van der Waals surface area contributed by atoms with E-state index < -0.39 is 0 Å². The highest BCUT2D eigenvalue weighted by Crippen LogP contribution is 2.31. The van der Waals surface area contributed by atoms with Gasteiger partial charge in [0.1, 0.15) is 11.5 Å². The molecule has 20 heavy (non-hydrogen) atoms. The molecule has 1 N–H and O–H groups in total. The summed E-state index contributed by atoms with van der Waals surface area (Å²) >= 11 is 9.43. The number of nitrogens with one attached hydrogen (secondary N) is 1. The first-order chi connectivity index (χ1) is 9.70. The number of pyridine rings is 1. The maximum absolute atomic E-state index is 5.89. The van der Waals surface area contributed by atoms with E-state index in [1.165, 1.54) is 18.4 Å². The molecule has 0 atom stereocenters. The van der Waals surface area contributed by atoms with Crippen LogP contribution in [0.2, 0.25) is 5.02 Å². The van der Waals surface area contributed by atoms with E-state index in [4.69, 9.17) is 16.3 Å². The fourth-order valence-corrected chi connectivity index (χ4v) is 2.53. The van der Waals surface area contributed by atoms with Crippen LogP contribution in [-0.2, 0) is 6.54 Å². The monoisotopic (exact) mass is 352 g/mol. The zero-order valence-electron chi connectivity index (χ0n) is 10.8. The Morgan fingerprint density at radius 1 is 1.30 bits per heavy atom. The van der Waals surface area contributed by atoms with E-state index in [9.17, 15) is 0 Å². The fraction of sp³-hybridized carbons (Fsp3) is 0.267. The van der Waals surface area contributed by atoms with Crippen molar-refractivity contribution in [2.45, 2.75) is 25.4 Å². The van der Waals surface area contributed by atoms with Gasteiger partial charge >= 0.3 is 0 Å². The molecular weight excluding hydrogens is 340 g/mol. The van der Waals surface area contributed by atoms with Crippen molar-refractivity contribution in [3.8, 4) is 11.5 Å². The molecule has 0 radical (unpaired) electrons. The predicted octanol–water partition coefficient (Wildman–Crippen LogP) is 4.54. The average Bonchev–Trinajstić information content (AvgIpc) is 3.23. The Morgan fingerprint density at radius 2 is 2.15 bits per heavy atom. The van der Waals surface area contributed by atoms with Crippen LogP contribution in [0.1, 0.15) is 18.4 Å². The summed E-state index contributed by atoms with van der Waals surface area (Å²) in [6.45, 7) is 0.891. The summed E-state index contributed by atoms with van der Waals surface area (Å²) in [6.07, 6.45) is 5.81. The smallest absolute Gasteiger partial charge is 0.147 e. The first kappa shape index (κ1) is 13.9. The summed E-state index contributed by atoms with van der Waals surface area (Å²) in [4.78, 5) is 4.00. The maximum Gasteiger partial charge on any atom is 0.147 e. The Balaban J connectivity index is 1.69. The van der Waals surface area contributed by atoms with Gasteiger partial charge in [0.2, 0.25) is 0 Å². The van der Waals surface area contributed by atoms with Gasteiger partial charge in [0.25, 0.3) is 0 Å². The van der Waals surface area contributed by atoms with Crippen LogP contribution in [0.25, 0.3) is 0 Å². The molecule has 0 aliphatic heterocycles. The summed E-state index contributed by atoms with van der Waals surface area (Å²) in [6, 6.07) is 8.54. The Morgan fingerprint density at radius 3 is 2.85 bits per heavy atom. The number of benzene rings is 1. The molecule has 1 heterocycles. The number of aromatic nitrogens is 1. The molecule has 0 spiro atoms. The minimum Gasteiger partial charge on any atom is -0.455 e. The van der Waals surface area contributed by atoms with Crippen LogP contribution in [0.15, 0.2) is 41.1 Å². The Kier molecular flexibility index (Phi) is 4.24. The summed E-state index contributed by atoms with van der Waals surface area (Å²) in [5.74, 6) is 1.38. The lowest BCUT2D eigenvalue weighted by Crippen LogP contribution is -2.15. The largest absolute Gasteiger partial charge is 0.455 e. The molecule has 0 saturated heterocycles. The van der Waals surface area contributed by atoms with Gasteiger partial charge in [0.15, 0.2) is 0 Å². The van der Waals surface area contributed by atoms with Gasteiger partial charge in [-0.1, -0.05) is 17.7 Å². The van der Waals surface area contributed by atoms with Crippen molar-refractivity contribution in [2.24, 2.45) is 0 Å². The lowest BCUT2D eigenvalue weighted by molar-refractivity contribution is 0.477. The molecule has 0 bridgehead atoms. The van der Waals surface area contributed by atoms with Crippen molar-refractivity contribution in [3.63, 3.8) is 0 Å². The highest BCUT2D eigenvalue weighted by molar-refractivity contribution is 9.10. The molecule has 1 aromatic carbocycles. The second-order valence-electron chi connectivity index (χ2n) is 4.86. The van der Waals surface area contributed by atoms with E-state index in [0.717, 1.165) is 16.8 Å². The Hall–Kier alpha value is -1.10. The molecule has 2 aromatic rings. The molecule has 104 valence electrons. The van der Waals surface area contributed by atoms with Gasteiger partial charge in [-0.15, -0.1) is 0 Å². The van der Waals surface area contributed by atoms with E-state index in [2.05, 4.69) is 38.4 Å². The van der Waals surface area contributed by atoms with Crippen molar-refractivity contribution in [3.05, 3.63) is 51.7 Å². The van der Waals surface area contributed by atoms with Gasteiger partial charge in [-0.2, -0.15) is 0 Å². The first-order valence-electron chi connectivity index (χ1n) is 6.51. The minimum atomic E-state index is 0.559. The fourth-order valence-electron chi connectivity index (χ4n) is 1.86. The standard InChI is InChI=1S/C15H14BrClN2O/c16-14-5-10(7-19-12-2-3-12)1-4-15(14)20-13-6-11(17)8-18-9-13/h1,4-6,8-9,12,19H,2-3,7H2. The molecule has 0 amide bonds. The second kappa shape index (κ2) is 6.12. The van der Waals surface area contributed by atoms with Gasteiger partial charge in [0.05, 0.1) is 15.7 Å². The lowest BCUT2D eigenvalue weighted by atomic mass is 10.2. The summed E-state index contributed by atoms with van der Waals surface area (Å²) in [5.41, 5.74) is 1.24. The third-order valence-electron chi connectivity index (χ3n) is 3.08. The van der Waals surface area contributed by atoms with E-state index >= 15 is 0 Å². The molecule has 5 heteroatoms.